The van der Waals surface area contributed by atoms with Crippen LogP contribution in [0.2, 0.25) is 0 Å². The molecule has 0 saturated carbocycles. The van der Waals surface area contributed by atoms with Gasteiger partial charge in [0.1, 0.15) is 13.2 Å². The zero-order valence-corrected chi connectivity index (χ0v) is 50.3. The van der Waals surface area contributed by atoms with E-state index in [0.717, 1.165) is 83.5 Å². The smallest absolute Gasteiger partial charge is 0.306 e. The molecular formula is C69H126O6. The van der Waals surface area contributed by atoms with E-state index in [4.69, 9.17) is 14.2 Å². The van der Waals surface area contributed by atoms with Crippen LogP contribution in [0, 0.1) is 0 Å². The molecule has 0 radical (unpaired) electrons. The molecule has 0 aliphatic carbocycles. The van der Waals surface area contributed by atoms with Crippen molar-refractivity contribution < 1.29 is 28.6 Å². The van der Waals surface area contributed by atoms with Crippen molar-refractivity contribution in [3.63, 3.8) is 0 Å². The van der Waals surface area contributed by atoms with Gasteiger partial charge in [-0.1, -0.05) is 301 Å². The summed E-state index contributed by atoms with van der Waals surface area (Å²) in [5, 5.41) is 0. The number of carbonyl (C=O) groups excluding carboxylic acids is 3. The second kappa shape index (κ2) is 63.9. The number of hydrogen-bond donors (Lipinski definition) is 0. The van der Waals surface area contributed by atoms with Crippen molar-refractivity contribution >= 4 is 17.9 Å². The van der Waals surface area contributed by atoms with Gasteiger partial charge in [-0.2, -0.15) is 0 Å². The van der Waals surface area contributed by atoms with Gasteiger partial charge in [0.25, 0.3) is 0 Å². The normalized spacial score (nSPS) is 12.3. The zero-order valence-electron chi connectivity index (χ0n) is 50.3. The predicted molar refractivity (Wildman–Crippen MR) is 325 cm³/mol. The molecule has 438 valence electrons. The van der Waals surface area contributed by atoms with Crippen molar-refractivity contribution in [3.8, 4) is 0 Å². The molecule has 0 aliphatic heterocycles. The van der Waals surface area contributed by atoms with Crippen molar-refractivity contribution in [2.24, 2.45) is 0 Å². The third-order valence-corrected chi connectivity index (χ3v) is 14.8. The van der Waals surface area contributed by atoms with Gasteiger partial charge in [0.2, 0.25) is 0 Å². The Bertz CT molecular complexity index is 1300. The monoisotopic (exact) mass is 1050 g/mol. The third kappa shape index (κ3) is 62.1. The molecule has 75 heavy (non-hydrogen) atoms. The molecule has 0 heterocycles. The standard InChI is InChI=1S/C69H126O6/c1-4-7-10-13-15-17-19-21-23-25-27-29-30-31-32-33-34-35-36-37-38-40-41-43-45-47-49-51-53-56-59-62-68(71)74-65-66(64-73-67(70)61-58-55-12-9-6-3)75-69(72)63-60-57-54-52-50-48-46-44-42-39-28-26-24-22-20-18-16-14-11-8-5-2/h20,22,25-28,42,44,66H,4-19,21,23-24,29-41,43,45-65H2,1-3H3/b22-20-,27-25-,28-26-,44-42-. The minimum atomic E-state index is -0.775. The highest BCUT2D eigenvalue weighted by Gasteiger charge is 2.19. The molecule has 0 spiro atoms. The fraction of sp³-hybridized carbons (Fsp3) is 0.841. The lowest BCUT2D eigenvalue weighted by Gasteiger charge is -2.18. The molecule has 1 atom stereocenters. The van der Waals surface area contributed by atoms with Gasteiger partial charge in [-0.3, -0.25) is 14.4 Å². The Morgan fingerprint density at radius 2 is 0.480 bits per heavy atom. The summed E-state index contributed by atoms with van der Waals surface area (Å²) in [6.45, 7) is 6.58. The summed E-state index contributed by atoms with van der Waals surface area (Å²) >= 11 is 0. The first-order valence-electron chi connectivity index (χ1n) is 33.1. The lowest BCUT2D eigenvalue weighted by Crippen LogP contribution is -2.30. The Labute approximate surface area is 467 Å². The average Bonchev–Trinajstić information content (AvgIpc) is 3.41. The molecule has 6 heteroatoms. The zero-order chi connectivity index (χ0) is 54.3. The minimum Gasteiger partial charge on any atom is -0.462 e. The van der Waals surface area contributed by atoms with Crippen LogP contribution in [0.4, 0.5) is 0 Å². The molecule has 0 aromatic heterocycles. The Morgan fingerprint density at radius 1 is 0.267 bits per heavy atom. The number of carbonyl (C=O) groups is 3. The molecule has 0 bridgehead atoms. The Morgan fingerprint density at radius 3 is 0.760 bits per heavy atom. The highest BCUT2D eigenvalue weighted by atomic mass is 16.6. The maximum Gasteiger partial charge on any atom is 0.306 e. The van der Waals surface area contributed by atoms with Crippen LogP contribution in [0.15, 0.2) is 48.6 Å². The maximum absolute atomic E-state index is 12.8. The molecule has 6 nitrogen and oxygen atoms in total. The van der Waals surface area contributed by atoms with Crippen LogP contribution in [-0.4, -0.2) is 37.2 Å². The number of unbranched alkanes of at least 4 members (excludes halogenated alkanes) is 42. The number of esters is 3. The molecule has 0 amide bonds. The molecule has 1 unspecified atom stereocenters. The summed E-state index contributed by atoms with van der Waals surface area (Å²) in [7, 11) is 0. The van der Waals surface area contributed by atoms with Crippen molar-refractivity contribution in [1.82, 2.24) is 0 Å². The van der Waals surface area contributed by atoms with Gasteiger partial charge < -0.3 is 14.2 Å². The number of hydrogen-bond acceptors (Lipinski definition) is 6. The summed E-state index contributed by atoms with van der Waals surface area (Å²) in [4.78, 5) is 37.9. The first-order valence-corrected chi connectivity index (χ1v) is 33.1. The van der Waals surface area contributed by atoms with Gasteiger partial charge in [-0.25, -0.2) is 0 Å². The van der Waals surface area contributed by atoms with Gasteiger partial charge >= 0.3 is 17.9 Å². The van der Waals surface area contributed by atoms with E-state index in [1.54, 1.807) is 0 Å². The summed E-state index contributed by atoms with van der Waals surface area (Å²) in [6.07, 6.45) is 80.5. The Kier molecular flexibility index (Phi) is 61.7. The largest absolute Gasteiger partial charge is 0.462 e. The summed E-state index contributed by atoms with van der Waals surface area (Å²) < 4.78 is 16.8. The summed E-state index contributed by atoms with van der Waals surface area (Å²) in [5.41, 5.74) is 0. The van der Waals surface area contributed by atoms with E-state index < -0.39 is 6.10 Å². The molecule has 0 rings (SSSR count). The van der Waals surface area contributed by atoms with E-state index in [2.05, 4.69) is 69.4 Å². The molecule has 0 N–H and O–H groups in total. The fourth-order valence-electron chi connectivity index (χ4n) is 9.80. The lowest BCUT2D eigenvalue weighted by atomic mass is 10.0. The second-order valence-corrected chi connectivity index (χ2v) is 22.4. The van der Waals surface area contributed by atoms with Crippen LogP contribution in [0.1, 0.15) is 355 Å². The first-order chi connectivity index (χ1) is 37.0. The van der Waals surface area contributed by atoms with E-state index in [1.165, 1.54) is 231 Å². The topological polar surface area (TPSA) is 78.9 Å². The van der Waals surface area contributed by atoms with Crippen LogP contribution < -0.4 is 0 Å². The van der Waals surface area contributed by atoms with Crippen LogP contribution in [0.5, 0.6) is 0 Å². The Balaban J connectivity index is 3.96. The van der Waals surface area contributed by atoms with E-state index in [0.29, 0.717) is 19.3 Å². The van der Waals surface area contributed by atoms with Gasteiger partial charge in [-0.15, -0.1) is 0 Å². The lowest BCUT2D eigenvalue weighted by molar-refractivity contribution is -0.167. The maximum atomic E-state index is 12.8. The highest BCUT2D eigenvalue weighted by Crippen LogP contribution is 2.17. The van der Waals surface area contributed by atoms with Gasteiger partial charge in [0.05, 0.1) is 0 Å². The van der Waals surface area contributed by atoms with Crippen molar-refractivity contribution in [1.29, 1.82) is 0 Å². The third-order valence-electron chi connectivity index (χ3n) is 14.8. The summed E-state index contributed by atoms with van der Waals surface area (Å²) in [5.74, 6) is -0.885. The van der Waals surface area contributed by atoms with Crippen LogP contribution >= 0.6 is 0 Å². The SMILES string of the molecule is CCCCCCC/C=C\C/C=C\C/C=C\CCCCCCCCC(=O)OC(COC(=O)CCCCCCC)COC(=O)CCCCCCCCCCCCCCCCCCCCC/C=C\CCCCCCCCCC. The van der Waals surface area contributed by atoms with Crippen LogP contribution in [0.25, 0.3) is 0 Å². The molecule has 0 aromatic carbocycles. The number of rotatable bonds is 61. The first kappa shape index (κ1) is 72.4. The second-order valence-electron chi connectivity index (χ2n) is 22.4. The average molecular weight is 1050 g/mol. The minimum absolute atomic E-state index is 0.0756. The van der Waals surface area contributed by atoms with E-state index in [9.17, 15) is 14.4 Å². The van der Waals surface area contributed by atoms with Crippen LogP contribution in [0.3, 0.4) is 0 Å². The van der Waals surface area contributed by atoms with E-state index in [1.807, 2.05) is 0 Å². The molecule has 0 aromatic rings. The van der Waals surface area contributed by atoms with Gasteiger partial charge in [0.15, 0.2) is 6.10 Å². The quantitative estimate of drug-likeness (QED) is 0.0261. The van der Waals surface area contributed by atoms with Crippen molar-refractivity contribution in [2.45, 2.75) is 361 Å². The van der Waals surface area contributed by atoms with E-state index in [-0.39, 0.29) is 31.1 Å². The van der Waals surface area contributed by atoms with Crippen LogP contribution in [-0.2, 0) is 28.6 Å². The number of allylic oxidation sites excluding steroid dienone is 8. The molecule has 0 aliphatic rings. The molecule has 0 fully saturated rings. The van der Waals surface area contributed by atoms with Gasteiger partial charge in [0, 0.05) is 19.3 Å². The predicted octanol–water partition coefficient (Wildman–Crippen LogP) is 22.6. The van der Waals surface area contributed by atoms with Crippen molar-refractivity contribution in [3.05, 3.63) is 48.6 Å². The van der Waals surface area contributed by atoms with E-state index >= 15 is 0 Å². The highest BCUT2D eigenvalue weighted by molar-refractivity contribution is 5.71. The number of ether oxygens (including phenoxy) is 3. The Hall–Kier alpha value is -2.63. The molecule has 0 saturated heterocycles. The van der Waals surface area contributed by atoms with Gasteiger partial charge in [-0.05, 0) is 83.5 Å². The van der Waals surface area contributed by atoms with Crippen molar-refractivity contribution in [2.75, 3.05) is 13.2 Å². The molecular weight excluding hydrogens is 925 g/mol. The fourth-order valence-corrected chi connectivity index (χ4v) is 9.80. The summed E-state index contributed by atoms with van der Waals surface area (Å²) in [6, 6.07) is 0.